The molecule has 5 heterocycles. The third kappa shape index (κ3) is 7.44. The SMILES string of the molecule is Cc1nn2c(c1-c1c(-c3cccnc3OC(F)F)c3cccnc3n1CCOC[Si](C)(C)C)OC[C@@H](NC(=O)OC(C)(C)C)C2. The van der Waals surface area contributed by atoms with E-state index in [1.54, 1.807) is 49.8 Å². The fourth-order valence-electron chi connectivity index (χ4n) is 5.33. The van der Waals surface area contributed by atoms with Crippen molar-refractivity contribution in [3.8, 4) is 34.1 Å². The van der Waals surface area contributed by atoms with Gasteiger partial charge in [-0.25, -0.2) is 19.4 Å². The van der Waals surface area contributed by atoms with E-state index in [2.05, 4.69) is 29.9 Å². The highest BCUT2D eigenvalue weighted by Gasteiger charge is 2.33. The number of nitrogens with one attached hydrogen (secondary N) is 1. The van der Waals surface area contributed by atoms with Gasteiger partial charge in [0.2, 0.25) is 11.8 Å². The number of carbonyl (C=O) groups is 1. The van der Waals surface area contributed by atoms with Crippen molar-refractivity contribution in [2.75, 3.05) is 19.4 Å². The quantitative estimate of drug-likeness (QED) is 0.164. The molecule has 242 valence electrons. The molecule has 0 aliphatic carbocycles. The standard InChI is InChI=1S/C31H40F2N6O5Si/c1-19-23(28-39(37-19)16-20(17-42-28)36-30(40)44-31(2,3)4)25-24(22-11-9-13-35-27(22)43-29(32)33)21-10-8-12-34-26(21)38(25)14-15-41-18-45(5,6)7/h8-13,20,29H,14-18H2,1-7H3,(H,36,40)/t20-/m0/s1. The molecular weight excluding hydrogens is 602 g/mol. The number of nitrogens with zero attached hydrogens (tertiary/aromatic N) is 5. The van der Waals surface area contributed by atoms with Crippen molar-refractivity contribution in [1.82, 2.24) is 29.6 Å². The molecule has 0 unspecified atom stereocenters. The van der Waals surface area contributed by atoms with Crippen LogP contribution in [0.1, 0.15) is 26.5 Å². The molecule has 0 saturated carbocycles. The molecule has 1 N–H and O–H groups in total. The topological polar surface area (TPSA) is 115 Å². The number of halogens is 2. The predicted octanol–water partition coefficient (Wildman–Crippen LogP) is 6.05. The van der Waals surface area contributed by atoms with Crippen molar-refractivity contribution < 1.29 is 32.5 Å². The summed E-state index contributed by atoms with van der Waals surface area (Å²) < 4.78 is 53.5. The fourth-order valence-corrected chi connectivity index (χ4v) is 6.08. The van der Waals surface area contributed by atoms with E-state index in [9.17, 15) is 13.6 Å². The molecule has 0 bridgehead atoms. The minimum absolute atomic E-state index is 0.178. The number of fused-ring (bicyclic) bond motifs is 2. The van der Waals surface area contributed by atoms with Gasteiger partial charge in [0.15, 0.2) is 0 Å². The molecule has 0 radical (unpaired) electrons. The maximum absolute atomic E-state index is 13.6. The molecule has 0 fully saturated rings. The lowest BCUT2D eigenvalue weighted by Gasteiger charge is -2.27. The van der Waals surface area contributed by atoms with Crippen molar-refractivity contribution in [3.05, 3.63) is 42.4 Å². The van der Waals surface area contributed by atoms with Gasteiger partial charge >= 0.3 is 12.7 Å². The smallest absolute Gasteiger partial charge is 0.408 e. The molecule has 14 heteroatoms. The highest BCUT2D eigenvalue weighted by Crippen LogP contribution is 2.47. The van der Waals surface area contributed by atoms with Crippen LogP contribution >= 0.6 is 0 Å². The van der Waals surface area contributed by atoms with E-state index in [0.29, 0.717) is 65.5 Å². The molecule has 5 rings (SSSR count). The highest BCUT2D eigenvalue weighted by molar-refractivity contribution is 6.76. The Morgan fingerprint density at radius 3 is 2.60 bits per heavy atom. The third-order valence-corrected chi connectivity index (χ3v) is 7.98. The summed E-state index contributed by atoms with van der Waals surface area (Å²) in [6.45, 7) is 12.3. The first-order chi connectivity index (χ1) is 21.2. The number of hydrogen-bond donors (Lipinski definition) is 1. The molecule has 4 aromatic heterocycles. The van der Waals surface area contributed by atoms with E-state index in [1.165, 1.54) is 6.20 Å². The second-order valence-electron chi connectivity index (χ2n) is 13.2. The Hall–Kier alpha value is -4.04. The highest BCUT2D eigenvalue weighted by atomic mass is 28.3. The number of ether oxygens (including phenoxy) is 4. The Labute approximate surface area is 261 Å². The first kappa shape index (κ1) is 32.4. The zero-order valence-electron chi connectivity index (χ0n) is 26.7. The van der Waals surface area contributed by atoms with Crippen molar-refractivity contribution in [2.24, 2.45) is 0 Å². The van der Waals surface area contributed by atoms with Gasteiger partial charge in [0, 0.05) is 41.7 Å². The second kappa shape index (κ2) is 12.8. The Bertz CT molecular complexity index is 1680. The molecule has 1 amide bonds. The summed E-state index contributed by atoms with van der Waals surface area (Å²) in [6, 6.07) is 6.69. The molecule has 0 saturated heterocycles. The second-order valence-corrected chi connectivity index (χ2v) is 18.6. The van der Waals surface area contributed by atoms with Crippen LogP contribution in [0.25, 0.3) is 33.4 Å². The van der Waals surface area contributed by atoms with E-state index in [0.717, 1.165) is 5.39 Å². The number of rotatable bonds is 10. The molecule has 0 spiro atoms. The van der Waals surface area contributed by atoms with Gasteiger partial charge in [-0.3, -0.25) is 0 Å². The maximum atomic E-state index is 13.6. The summed E-state index contributed by atoms with van der Waals surface area (Å²) in [7, 11) is -1.46. The Kier molecular flexibility index (Phi) is 9.17. The Balaban J connectivity index is 1.63. The Morgan fingerprint density at radius 2 is 1.89 bits per heavy atom. The van der Waals surface area contributed by atoms with E-state index >= 15 is 0 Å². The first-order valence-corrected chi connectivity index (χ1v) is 18.6. The summed E-state index contributed by atoms with van der Waals surface area (Å²) in [5.41, 5.74) is 2.99. The lowest BCUT2D eigenvalue weighted by atomic mass is 9.99. The zero-order valence-corrected chi connectivity index (χ0v) is 27.7. The van der Waals surface area contributed by atoms with E-state index < -0.39 is 26.4 Å². The summed E-state index contributed by atoms with van der Waals surface area (Å²) in [4.78, 5) is 21.3. The van der Waals surface area contributed by atoms with Crippen molar-refractivity contribution >= 4 is 25.2 Å². The average molecular weight is 643 g/mol. The van der Waals surface area contributed by atoms with Crippen LogP contribution in [-0.2, 0) is 22.6 Å². The number of pyridine rings is 2. The van der Waals surface area contributed by atoms with Gasteiger partial charge in [0.25, 0.3) is 0 Å². The van der Waals surface area contributed by atoms with Gasteiger partial charge in [0.1, 0.15) is 17.9 Å². The minimum atomic E-state index is -3.06. The average Bonchev–Trinajstić information content (AvgIpc) is 3.42. The lowest BCUT2D eigenvalue weighted by molar-refractivity contribution is -0.0524. The molecule has 0 aromatic carbocycles. The van der Waals surface area contributed by atoms with Crippen molar-refractivity contribution in [1.29, 1.82) is 0 Å². The van der Waals surface area contributed by atoms with Gasteiger partial charge in [0.05, 0.1) is 44.2 Å². The van der Waals surface area contributed by atoms with Crippen LogP contribution in [0, 0.1) is 6.92 Å². The normalized spacial score (nSPS) is 15.2. The molecule has 1 atom stereocenters. The van der Waals surface area contributed by atoms with E-state index in [1.807, 2.05) is 17.6 Å². The van der Waals surface area contributed by atoms with Crippen LogP contribution in [0.4, 0.5) is 13.6 Å². The van der Waals surface area contributed by atoms with Crippen LogP contribution in [0.3, 0.4) is 0 Å². The summed E-state index contributed by atoms with van der Waals surface area (Å²) >= 11 is 0. The van der Waals surface area contributed by atoms with Gasteiger partial charge in [-0.05, 0) is 52.0 Å². The molecule has 11 nitrogen and oxygen atoms in total. The summed E-state index contributed by atoms with van der Waals surface area (Å²) in [5, 5.41) is 8.36. The van der Waals surface area contributed by atoms with Crippen LogP contribution in [0.2, 0.25) is 19.6 Å². The number of hydrogen-bond acceptors (Lipinski definition) is 8. The third-order valence-electron chi connectivity index (χ3n) is 6.91. The molecular formula is C31H40F2N6O5Si. The van der Waals surface area contributed by atoms with Crippen LogP contribution in [0.5, 0.6) is 11.8 Å². The largest absolute Gasteiger partial charge is 0.475 e. The summed E-state index contributed by atoms with van der Waals surface area (Å²) in [5.74, 6) is 0.288. The van der Waals surface area contributed by atoms with Crippen molar-refractivity contribution in [2.45, 2.75) is 78.7 Å². The van der Waals surface area contributed by atoms with Crippen LogP contribution < -0.4 is 14.8 Å². The molecule has 1 aliphatic rings. The first-order valence-electron chi connectivity index (χ1n) is 14.9. The monoisotopic (exact) mass is 642 g/mol. The predicted molar refractivity (Wildman–Crippen MR) is 168 cm³/mol. The molecule has 45 heavy (non-hydrogen) atoms. The number of alkyl carbamates (subject to hydrolysis) is 1. The van der Waals surface area contributed by atoms with Crippen molar-refractivity contribution in [3.63, 3.8) is 0 Å². The van der Waals surface area contributed by atoms with E-state index in [-0.39, 0.29) is 18.5 Å². The van der Waals surface area contributed by atoms with Crippen LogP contribution in [-0.4, -0.2) is 76.2 Å². The van der Waals surface area contributed by atoms with Crippen LogP contribution in [0.15, 0.2) is 36.7 Å². The number of alkyl halides is 2. The lowest BCUT2D eigenvalue weighted by Crippen LogP contribution is -2.46. The number of amides is 1. The van der Waals surface area contributed by atoms with Gasteiger partial charge in [-0.1, -0.05) is 19.6 Å². The van der Waals surface area contributed by atoms with Gasteiger partial charge < -0.3 is 28.8 Å². The molecule has 4 aromatic rings. The summed E-state index contributed by atoms with van der Waals surface area (Å²) in [6.07, 6.45) is 3.25. The number of aromatic nitrogens is 5. The minimum Gasteiger partial charge on any atom is -0.475 e. The van der Waals surface area contributed by atoms with Gasteiger partial charge in [-0.15, -0.1) is 0 Å². The molecule has 1 aliphatic heterocycles. The van der Waals surface area contributed by atoms with E-state index in [4.69, 9.17) is 29.0 Å². The number of aryl methyl sites for hydroxylation is 1. The zero-order chi connectivity index (χ0) is 32.5. The van der Waals surface area contributed by atoms with Gasteiger partial charge in [-0.2, -0.15) is 13.9 Å². The maximum Gasteiger partial charge on any atom is 0.408 e. The fraction of sp³-hybridized carbons (Fsp3) is 0.484. The Morgan fingerprint density at radius 1 is 1.16 bits per heavy atom. The number of carbonyl (C=O) groups excluding carboxylic acids is 1.